The molecule has 1 amide bonds. The molecule has 2 aromatic rings. The molecule has 2 aliphatic heterocycles. The lowest BCUT2D eigenvalue weighted by molar-refractivity contribution is -0.139. The smallest absolute Gasteiger partial charge is 0.230 e. The molecular weight excluding hydrogens is 378 g/mol. The number of carbonyl (C=O) groups excluding carboxylic acids is 1. The molecule has 158 valence electrons. The van der Waals surface area contributed by atoms with Crippen LogP contribution in [0.1, 0.15) is 44.9 Å². The number of aliphatic hydroxyl groups is 1. The highest BCUT2D eigenvalue weighted by atomic mass is 16.3. The van der Waals surface area contributed by atoms with Gasteiger partial charge in [0.15, 0.2) is 0 Å². The Morgan fingerprint density at radius 2 is 1.70 bits per heavy atom. The minimum absolute atomic E-state index is 0.189. The van der Waals surface area contributed by atoms with Gasteiger partial charge in [0.2, 0.25) is 11.9 Å². The van der Waals surface area contributed by atoms with E-state index in [-0.39, 0.29) is 11.5 Å². The van der Waals surface area contributed by atoms with E-state index in [9.17, 15) is 9.90 Å². The minimum Gasteiger partial charge on any atom is -0.393 e. The van der Waals surface area contributed by atoms with E-state index >= 15 is 0 Å². The fraction of sp³-hybridized carbons (Fsp3) is 0.565. The largest absolute Gasteiger partial charge is 0.393 e. The lowest BCUT2D eigenvalue weighted by Crippen LogP contribution is -2.50. The average molecular weight is 408 g/mol. The van der Waals surface area contributed by atoms with E-state index in [4.69, 9.17) is 0 Å². The molecule has 0 unspecified atom stereocenters. The second-order valence-corrected chi connectivity index (χ2v) is 9.02. The zero-order valence-corrected chi connectivity index (χ0v) is 17.3. The number of aliphatic hydroxyl groups excluding tert-OH is 1. The van der Waals surface area contributed by atoms with Crippen LogP contribution in [0.5, 0.6) is 0 Å². The Bertz CT molecular complexity index is 882. The Labute approximate surface area is 177 Å². The van der Waals surface area contributed by atoms with Crippen molar-refractivity contribution < 1.29 is 9.90 Å². The maximum atomic E-state index is 13.5. The summed E-state index contributed by atoms with van der Waals surface area (Å²) in [6.45, 7) is 2.43. The number of likely N-dealkylation sites (tertiary alicyclic amines) is 1. The standard InChI is InChI=1S/C23H29N5O2/c29-20-4-2-19(3-5-20)28-13-9-23(21(28)30)8-1-12-27(16-23)22-25-14-18(15-26-22)17-6-10-24-11-7-17/h6-7,10-11,14-15,19-20,29H,1-5,8-9,12-13,16H2/t19-,20+,23-/m1/s1. The summed E-state index contributed by atoms with van der Waals surface area (Å²) in [4.78, 5) is 31.1. The van der Waals surface area contributed by atoms with Crippen molar-refractivity contribution in [1.29, 1.82) is 0 Å². The number of rotatable bonds is 3. The number of hydrogen-bond acceptors (Lipinski definition) is 6. The number of aromatic nitrogens is 3. The van der Waals surface area contributed by atoms with E-state index in [0.29, 0.717) is 24.4 Å². The minimum atomic E-state index is -0.304. The first kappa shape index (κ1) is 19.4. The van der Waals surface area contributed by atoms with Crippen molar-refractivity contribution in [2.75, 3.05) is 24.5 Å². The second kappa shape index (κ2) is 7.95. The molecular formula is C23H29N5O2. The second-order valence-electron chi connectivity index (χ2n) is 9.02. The molecule has 1 atom stereocenters. The Kier molecular flexibility index (Phi) is 5.15. The number of amides is 1. The summed E-state index contributed by atoms with van der Waals surface area (Å²) in [5.41, 5.74) is 1.71. The molecule has 0 bridgehead atoms. The quantitative estimate of drug-likeness (QED) is 0.842. The van der Waals surface area contributed by atoms with E-state index in [1.54, 1.807) is 12.4 Å². The normalized spacial score (nSPS) is 29.6. The lowest BCUT2D eigenvalue weighted by atomic mass is 9.78. The van der Waals surface area contributed by atoms with Crippen molar-refractivity contribution in [1.82, 2.24) is 19.9 Å². The van der Waals surface area contributed by atoms with E-state index in [0.717, 1.165) is 69.2 Å². The van der Waals surface area contributed by atoms with Crippen molar-refractivity contribution in [2.45, 2.75) is 57.1 Å². The summed E-state index contributed by atoms with van der Waals surface area (Å²) >= 11 is 0. The summed E-state index contributed by atoms with van der Waals surface area (Å²) in [5.74, 6) is 1.01. The van der Waals surface area contributed by atoms with Crippen molar-refractivity contribution >= 4 is 11.9 Å². The van der Waals surface area contributed by atoms with Crippen molar-refractivity contribution in [3.8, 4) is 11.1 Å². The first-order chi connectivity index (χ1) is 14.6. The van der Waals surface area contributed by atoms with Crippen LogP contribution in [0.2, 0.25) is 0 Å². The number of hydrogen-bond donors (Lipinski definition) is 1. The Morgan fingerprint density at radius 3 is 2.43 bits per heavy atom. The van der Waals surface area contributed by atoms with Gasteiger partial charge in [-0.2, -0.15) is 0 Å². The highest BCUT2D eigenvalue weighted by molar-refractivity contribution is 5.86. The predicted molar refractivity (Wildman–Crippen MR) is 114 cm³/mol. The van der Waals surface area contributed by atoms with Crippen LogP contribution in [0.3, 0.4) is 0 Å². The molecule has 1 saturated carbocycles. The van der Waals surface area contributed by atoms with Gasteiger partial charge in [0.1, 0.15) is 0 Å². The van der Waals surface area contributed by atoms with Gasteiger partial charge in [-0.1, -0.05) is 0 Å². The number of pyridine rings is 1. The average Bonchev–Trinajstić information content (AvgIpc) is 3.10. The third-order valence-electron chi connectivity index (χ3n) is 7.16. The molecule has 0 radical (unpaired) electrons. The number of carbonyl (C=O) groups is 1. The van der Waals surface area contributed by atoms with E-state index in [1.165, 1.54) is 0 Å². The van der Waals surface area contributed by atoms with Gasteiger partial charge in [0, 0.05) is 56.0 Å². The van der Waals surface area contributed by atoms with Crippen molar-refractivity contribution in [3.05, 3.63) is 36.9 Å². The molecule has 2 aromatic heterocycles. The highest BCUT2D eigenvalue weighted by Crippen LogP contribution is 2.43. The van der Waals surface area contributed by atoms with Crippen LogP contribution in [0, 0.1) is 5.41 Å². The third kappa shape index (κ3) is 3.55. The molecule has 7 heteroatoms. The van der Waals surface area contributed by atoms with E-state index in [1.807, 2.05) is 24.5 Å². The SMILES string of the molecule is O=C1N([C@H]2CC[C@@H](O)CC2)CC[C@@]12CCCN(c1ncc(-c3ccncc3)cn1)C2. The summed E-state index contributed by atoms with van der Waals surface area (Å²) in [6, 6.07) is 4.20. The van der Waals surface area contributed by atoms with Gasteiger partial charge in [0.05, 0.1) is 11.5 Å². The van der Waals surface area contributed by atoms with Gasteiger partial charge in [-0.25, -0.2) is 9.97 Å². The lowest BCUT2D eigenvalue weighted by Gasteiger charge is -2.40. The maximum Gasteiger partial charge on any atom is 0.230 e. The number of anilines is 1. The molecule has 3 aliphatic rings. The van der Waals surface area contributed by atoms with Gasteiger partial charge in [0.25, 0.3) is 0 Å². The Morgan fingerprint density at radius 1 is 0.967 bits per heavy atom. The molecule has 1 spiro atoms. The van der Waals surface area contributed by atoms with Gasteiger partial charge < -0.3 is 14.9 Å². The van der Waals surface area contributed by atoms with Crippen LogP contribution in [0.25, 0.3) is 11.1 Å². The first-order valence-corrected chi connectivity index (χ1v) is 11.1. The van der Waals surface area contributed by atoms with Crippen molar-refractivity contribution in [3.63, 3.8) is 0 Å². The van der Waals surface area contributed by atoms with Gasteiger partial charge >= 0.3 is 0 Å². The molecule has 3 fully saturated rings. The molecule has 4 heterocycles. The molecule has 0 aromatic carbocycles. The molecule has 1 N–H and O–H groups in total. The predicted octanol–water partition coefficient (Wildman–Crippen LogP) is 2.66. The van der Waals surface area contributed by atoms with Crippen LogP contribution in [-0.2, 0) is 4.79 Å². The third-order valence-corrected chi connectivity index (χ3v) is 7.16. The van der Waals surface area contributed by atoms with Crippen LogP contribution < -0.4 is 4.90 Å². The van der Waals surface area contributed by atoms with Gasteiger partial charge in [-0.15, -0.1) is 0 Å². The summed E-state index contributed by atoms with van der Waals surface area (Å²) in [6.07, 6.45) is 13.4. The van der Waals surface area contributed by atoms with E-state index in [2.05, 4.69) is 24.8 Å². The highest BCUT2D eigenvalue weighted by Gasteiger charge is 2.50. The zero-order chi connectivity index (χ0) is 20.6. The van der Waals surface area contributed by atoms with Crippen LogP contribution >= 0.6 is 0 Å². The van der Waals surface area contributed by atoms with Crippen LogP contribution in [-0.4, -0.2) is 62.6 Å². The molecule has 30 heavy (non-hydrogen) atoms. The number of nitrogens with zero attached hydrogens (tertiary/aromatic N) is 5. The first-order valence-electron chi connectivity index (χ1n) is 11.1. The van der Waals surface area contributed by atoms with Crippen molar-refractivity contribution in [2.24, 2.45) is 5.41 Å². The zero-order valence-electron chi connectivity index (χ0n) is 17.3. The fourth-order valence-electron chi connectivity index (χ4n) is 5.42. The van der Waals surface area contributed by atoms with Gasteiger partial charge in [-0.3, -0.25) is 9.78 Å². The molecule has 5 rings (SSSR count). The van der Waals surface area contributed by atoms with Crippen LogP contribution in [0.4, 0.5) is 5.95 Å². The number of piperidine rings is 1. The fourth-order valence-corrected chi connectivity index (χ4v) is 5.42. The Balaban J connectivity index is 1.29. The van der Waals surface area contributed by atoms with Gasteiger partial charge in [-0.05, 0) is 62.6 Å². The molecule has 2 saturated heterocycles. The maximum absolute atomic E-state index is 13.5. The molecule has 7 nitrogen and oxygen atoms in total. The van der Waals surface area contributed by atoms with E-state index < -0.39 is 0 Å². The molecule has 1 aliphatic carbocycles. The topological polar surface area (TPSA) is 82.5 Å². The van der Waals surface area contributed by atoms with Crippen LogP contribution in [0.15, 0.2) is 36.9 Å². The summed E-state index contributed by atoms with van der Waals surface area (Å²) < 4.78 is 0. The Hall–Kier alpha value is -2.54. The summed E-state index contributed by atoms with van der Waals surface area (Å²) in [5, 5.41) is 9.80. The summed E-state index contributed by atoms with van der Waals surface area (Å²) in [7, 11) is 0. The monoisotopic (exact) mass is 407 g/mol.